The summed E-state index contributed by atoms with van der Waals surface area (Å²) in [6.45, 7) is 6.03. The number of anilines is 1. The molecule has 0 spiro atoms. The number of hydrogen-bond donors (Lipinski definition) is 1. The second kappa shape index (κ2) is 9.44. The first-order valence-electron chi connectivity index (χ1n) is 11.1. The van der Waals surface area contributed by atoms with E-state index in [0.717, 1.165) is 12.1 Å². The smallest absolute Gasteiger partial charge is 0.243 e. The molecule has 174 valence electrons. The van der Waals surface area contributed by atoms with Gasteiger partial charge >= 0.3 is 0 Å². The lowest BCUT2D eigenvalue weighted by Crippen LogP contribution is -2.43. The van der Waals surface area contributed by atoms with E-state index < -0.39 is 15.9 Å². The van der Waals surface area contributed by atoms with Crippen LogP contribution >= 0.6 is 0 Å². The molecule has 1 saturated heterocycles. The van der Waals surface area contributed by atoms with Crippen LogP contribution in [0.1, 0.15) is 36.8 Å². The fourth-order valence-electron chi connectivity index (χ4n) is 4.02. The second-order valence-electron chi connectivity index (χ2n) is 8.36. The number of rotatable bonds is 6. The first kappa shape index (κ1) is 23.1. The molecular weight excluding hydrogens is 440 g/mol. The molecule has 1 aromatic heterocycles. The van der Waals surface area contributed by atoms with Crippen molar-refractivity contribution in [1.82, 2.24) is 14.4 Å². The molecule has 1 aliphatic heterocycles. The molecule has 1 aliphatic rings. The molecule has 4 rings (SSSR count). The molecule has 1 amide bonds. The van der Waals surface area contributed by atoms with Gasteiger partial charge in [-0.25, -0.2) is 8.42 Å². The molecule has 0 bridgehead atoms. The van der Waals surface area contributed by atoms with Crippen molar-refractivity contribution in [2.75, 3.05) is 18.4 Å². The Balaban J connectivity index is 1.52. The van der Waals surface area contributed by atoms with Crippen LogP contribution in [0.15, 0.2) is 51.9 Å². The standard InChI is InChI=1S/C24H28N4O4S/c1-4-18-8-11-21(12-9-18)26-24(29)20-6-5-13-28(15-20)33(30,31)22-14-19(10-7-16(22)2)23-25-17(3)32-27-23/h7-12,14,20H,4-6,13,15H2,1-3H3,(H,26,29)/t20-/m0/s1. The maximum atomic E-state index is 13.5. The van der Waals surface area contributed by atoms with Crippen molar-refractivity contribution in [3.05, 3.63) is 59.5 Å². The summed E-state index contributed by atoms with van der Waals surface area (Å²) in [5.41, 5.74) is 3.10. The highest BCUT2D eigenvalue weighted by atomic mass is 32.2. The van der Waals surface area contributed by atoms with E-state index in [9.17, 15) is 13.2 Å². The minimum absolute atomic E-state index is 0.145. The van der Waals surface area contributed by atoms with Crippen LogP contribution in [0.5, 0.6) is 0 Å². The van der Waals surface area contributed by atoms with Gasteiger partial charge < -0.3 is 9.84 Å². The Labute approximate surface area is 194 Å². The lowest BCUT2D eigenvalue weighted by Gasteiger charge is -2.31. The zero-order valence-electron chi connectivity index (χ0n) is 19.0. The Morgan fingerprint density at radius 2 is 1.94 bits per heavy atom. The molecule has 2 aromatic carbocycles. The summed E-state index contributed by atoms with van der Waals surface area (Å²) in [6, 6.07) is 12.8. The van der Waals surface area contributed by atoms with E-state index in [-0.39, 0.29) is 17.3 Å². The molecule has 3 aromatic rings. The summed E-state index contributed by atoms with van der Waals surface area (Å²) < 4.78 is 33.5. The summed E-state index contributed by atoms with van der Waals surface area (Å²) in [4.78, 5) is 17.3. The predicted octanol–water partition coefficient (Wildman–Crippen LogP) is 3.96. The van der Waals surface area contributed by atoms with Crippen LogP contribution in [0.25, 0.3) is 11.4 Å². The maximum absolute atomic E-state index is 13.5. The SMILES string of the molecule is CCc1ccc(NC(=O)[C@H]2CCCN(S(=O)(=O)c3cc(-c4noc(C)n4)ccc3C)C2)cc1. The Morgan fingerprint density at radius 3 is 2.61 bits per heavy atom. The van der Waals surface area contributed by atoms with E-state index in [1.165, 1.54) is 9.87 Å². The van der Waals surface area contributed by atoms with Crippen LogP contribution in [-0.4, -0.2) is 41.9 Å². The number of hydrogen-bond acceptors (Lipinski definition) is 6. The minimum atomic E-state index is -3.80. The average molecular weight is 469 g/mol. The van der Waals surface area contributed by atoms with Gasteiger partial charge in [-0.05, 0) is 55.5 Å². The number of nitrogens with zero attached hydrogens (tertiary/aromatic N) is 3. The third-order valence-electron chi connectivity index (χ3n) is 5.98. The monoisotopic (exact) mass is 468 g/mol. The molecule has 1 atom stereocenters. The third-order valence-corrected chi connectivity index (χ3v) is 7.98. The number of amides is 1. The van der Waals surface area contributed by atoms with Crippen LogP contribution < -0.4 is 5.32 Å². The predicted molar refractivity (Wildman–Crippen MR) is 125 cm³/mol. The Bertz CT molecular complexity index is 1250. The lowest BCUT2D eigenvalue weighted by atomic mass is 9.98. The van der Waals surface area contributed by atoms with E-state index in [4.69, 9.17) is 4.52 Å². The van der Waals surface area contributed by atoms with Gasteiger partial charge in [0.05, 0.1) is 10.8 Å². The molecule has 33 heavy (non-hydrogen) atoms. The number of nitrogens with one attached hydrogen (secondary N) is 1. The van der Waals surface area contributed by atoms with Crippen LogP contribution in [0.2, 0.25) is 0 Å². The van der Waals surface area contributed by atoms with E-state index >= 15 is 0 Å². The first-order chi connectivity index (χ1) is 15.8. The van der Waals surface area contributed by atoms with Gasteiger partial charge in [0, 0.05) is 31.3 Å². The second-order valence-corrected chi connectivity index (χ2v) is 10.3. The molecule has 2 heterocycles. The summed E-state index contributed by atoms with van der Waals surface area (Å²) in [5.74, 6) is 0.174. The molecule has 8 nitrogen and oxygen atoms in total. The van der Waals surface area contributed by atoms with Crippen molar-refractivity contribution in [2.45, 2.75) is 44.9 Å². The van der Waals surface area contributed by atoms with Crippen molar-refractivity contribution >= 4 is 21.6 Å². The summed E-state index contributed by atoms with van der Waals surface area (Å²) in [6.07, 6.45) is 2.19. The summed E-state index contributed by atoms with van der Waals surface area (Å²) >= 11 is 0. The number of aryl methyl sites for hydroxylation is 3. The maximum Gasteiger partial charge on any atom is 0.243 e. The number of benzene rings is 2. The number of sulfonamides is 1. The van der Waals surface area contributed by atoms with Crippen LogP contribution in [0.4, 0.5) is 5.69 Å². The highest BCUT2D eigenvalue weighted by molar-refractivity contribution is 7.89. The van der Waals surface area contributed by atoms with Gasteiger partial charge in [0.2, 0.25) is 27.6 Å². The number of carbonyl (C=O) groups is 1. The van der Waals surface area contributed by atoms with Crippen LogP contribution in [-0.2, 0) is 21.2 Å². The summed E-state index contributed by atoms with van der Waals surface area (Å²) in [7, 11) is -3.80. The fourth-order valence-corrected chi connectivity index (χ4v) is 5.79. The highest BCUT2D eigenvalue weighted by Crippen LogP contribution is 2.29. The largest absolute Gasteiger partial charge is 0.339 e. The normalized spacial score (nSPS) is 17.1. The van der Waals surface area contributed by atoms with Gasteiger partial charge in [0.1, 0.15) is 0 Å². The molecule has 0 saturated carbocycles. The molecule has 1 N–H and O–H groups in total. The highest BCUT2D eigenvalue weighted by Gasteiger charge is 2.34. The van der Waals surface area contributed by atoms with Gasteiger partial charge in [-0.15, -0.1) is 0 Å². The van der Waals surface area contributed by atoms with Crippen molar-refractivity contribution in [3.63, 3.8) is 0 Å². The van der Waals surface area contributed by atoms with Crippen molar-refractivity contribution < 1.29 is 17.7 Å². The van der Waals surface area contributed by atoms with Gasteiger partial charge in [-0.3, -0.25) is 4.79 Å². The quantitative estimate of drug-likeness (QED) is 0.587. The topological polar surface area (TPSA) is 105 Å². The zero-order valence-corrected chi connectivity index (χ0v) is 19.9. The van der Waals surface area contributed by atoms with Crippen molar-refractivity contribution in [1.29, 1.82) is 0 Å². The molecule has 9 heteroatoms. The Hall–Kier alpha value is -3.04. The molecule has 0 aliphatic carbocycles. The zero-order chi connectivity index (χ0) is 23.6. The fraction of sp³-hybridized carbons (Fsp3) is 0.375. The van der Waals surface area contributed by atoms with E-state index in [1.54, 1.807) is 32.0 Å². The lowest BCUT2D eigenvalue weighted by molar-refractivity contribution is -0.120. The van der Waals surface area contributed by atoms with Crippen LogP contribution in [0.3, 0.4) is 0 Å². The number of piperidine rings is 1. The molecule has 1 fully saturated rings. The Kier molecular flexibility index (Phi) is 6.62. The Morgan fingerprint density at radius 1 is 1.18 bits per heavy atom. The molecule has 0 unspecified atom stereocenters. The average Bonchev–Trinajstić information content (AvgIpc) is 3.26. The van der Waals surface area contributed by atoms with E-state index in [2.05, 4.69) is 22.4 Å². The van der Waals surface area contributed by atoms with E-state index in [0.29, 0.717) is 42.2 Å². The van der Waals surface area contributed by atoms with E-state index in [1.807, 2.05) is 24.3 Å². The van der Waals surface area contributed by atoms with Gasteiger partial charge in [0.25, 0.3) is 0 Å². The molecular formula is C24H28N4O4S. The molecule has 0 radical (unpaired) electrons. The number of aromatic nitrogens is 2. The van der Waals surface area contributed by atoms with Gasteiger partial charge in [-0.2, -0.15) is 9.29 Å². The first-order valence-corrected chi connectivity index (χ1v) is 12.5. The van der Waals surface area contributed by atoms with Gasteiger partial charge in [-0.1, -0.05) is 36.3 Å². The van der Waals surface area contributed by atoms with Crippen molar-refractivity contribution in [3.8, 4) is 11.4 Å². The summed E-state index contributed by atoms with van der Waals surface area (Å²) in [5, 5.41) is 6.82. The minimum Gasteiger partial charge on any atom is -0.339 e. The van der Waals surface area contributed by atoms with Crippen molar-refractivity contribution in [2.24, 2.45) is 5.92 Å². The van der Waals surface area contributed by atoms with Crippen LogP contribution in [0, 0.1) is 19.8 Å². The third kappa shape index (κ3) is 4.99. The number of carbonyl (C=O) groups excluding carboxylic acids is 1. The van der Waals surface area contributed by atoms with Gasteiger partial charge in [0.15, 0.2) is 0 Å².